The molecule has 4 fully saturated rings. The van der Waals surface area contributed by atoms with E-state index in [1.807, 2.05) is 0 Å². The van der Waals surface area contributed by atoms with Crippen LogP contribution in [0.15, 0.2) is 64.8 Å². The molecule has 3 nitrogen and oxygen atoms in total. The van der Waals surface area contributed by atoms with Crippen LogP contribution in [0.2, 0.25) is 0 Å². The summed E-state index contributed by atoms with van der Waals surface area (Å²) < 4.78 is 0. The fourth-order valence-electron chi connectivity index (χ4n) is 9.35. The van der Waals surface area contributed by atoms with Crippen molar-refractivity contribution in [3.05, 3.63) is 76.5 Å². The highest BCUT2D eigenvalue weighted by atomic mass is 16.1. The van der Waals surface area contributed by atoms with Gasteiger partial charge in [0.1, 0.15) is 0 Å². The number of hydrogen-bond donors (Lipinski definition) is 1. The van der Waals surface area contributed by atoms with Crippen LogP contribution in [0, 0.1) is 46.3 Å². The SMILES string of the molecule is C=C(N=CN)C1(c2ccc(C3=CC3)c(C3CC3C(=O)C3=CC(CC4CC4CC(C)(C)C)=CC4CC4C3C)c2)CC(C)(C)C1. The van der Waals surface area contributed by atoms with Crippen molar-refractivity contribution in [2.75, 3.05) is 0 Å². The summed E-state index contributed by atoms with van der Waals surface area (Å²) in [6, 6.07) is 7.05. The van der Waals surface area contributed by atoms with Crippen molar-refractivity contribution in [2.24, 2.45) is 57.1 Å². The Morgan fingerprint density at radius 2 is 1.88 bits per heavy atom. The van der Waals surface area contributed by atoms with Crippen molar-refractivity contribution < 1.29 is 4.79 Å². The minimum absolute atomic E-state index is 0.104. The molecule has 1 aromatic rings. The standard InChI is InChI=1S/C40H52N2O/c1-23-32-16-28(32)13-25(12-27-15-29(27)19-38(3,4)5)14-33(23)37(43)36-18-35(36)34-17-30(10-11-31(34)26-8-9-26)40(24(2)42-22-41)20-39(6,7)21-40/h8,10-11,13-14,17,22-23,27-29,32,35-36H,2,9,12,15-16,18-21H2,1,3-7H3,(H2,41,42). The van der Waals surface area contributed by atoms with Gasteiger partial charge >= 0.3 is 0 Å². The topological polar surface area (TPSA) is 55.4 Å². The first-order valence-corrected chi connectivity index (χ1v) is 17.0. The molecule has 228 valence electrons. The molecule has 0 aliphatic heterocycles. The lowest BCUT2D eigenvalue weighted by Gasteiger charge is -2.54. The van der Waals surface area contributed by atoms with E-state index in [1.54, 1.807) is 0 Å². The first-order valence-electron chi connectivity index (χ1n) is 17.0. The molecule has 0 amide bonds. The molecule has 6 aliphatic carbocycles. The lowest BCUT2D eigenvalue weighted by molar-refractivity contribution is -0.117. The Kier molecular flexibility index (Phi) is 6.70. The largest absolute Gasteiger partial charge is 0.390 e. The normalized spacial score (nSPS) is 34.7. The first kappa shape index (κ1) is 29.1. The van der Waals surface area contributed by atoms with Crippen LogP contribution in [0.1, 0.15) is 116 Å². The van der Waals surface area contributed by atoms with Crippen LogP contribution in [-0.2, 0) is 10.2 Å². The number of ketones is 1. The Hall–Kier alpha value is -2.68. The Labute approximate surface area is 259 Å². The molecule has 0 aromatic heterocycles. The number of benzene rings is 1. The van der Waals surface area contributed by atoms with Gasteiger partial charge in [0.05, 0.1) is 6.34 Å². The summed E-state index contributed by atoms with van der Waals surface area (Å²) in [4.78, 5) is 18.8. The van der Waals surface area contributed by atoms with Gasteiger partial charge in [-0.25, -0.2) is 4.99 Å². The highest BCUT2D eigenvalue weighted by molar-refractivity contribution is 6.01. The number of rotatable bonds is 10. The second kappa shape index (κ2) is 9.91. The predicted octanol–water partition coefficient (Wildman–Crippen LogP) is 9.31. The van der Waals surface area contributed by atoms with Gasteiger partial charge in [-0.05, 0) is 126 Å². The van der Waals surface area contributed by atoms with Gasteiger partial charge in [-0.2, -0.15) is 0 Å². The van der Waals surface area contributed by atoms with Crippen molar-refractivity contribution in [1.29, 1.82) is 0 Å². The fraction of sp³-hybridized carbons (Fsp3) is 0.600. The quantitative estimate of drug-likeness (QED) is 0.223. The maximum absolute atomic E-state index is 14.3. The van der Waals surface area contributed by atoms with E-state index in [4.69, 9.17) is 5.73 Å². The first-order chi connectivity index (χ1) is 20.3. The number of Topliss-reactive ketones (excluding diaryl/α,β-unsaturated/α-hetero) is 1. The second-order valence-corrected chi connectivity index (χ2v) is 17.3. The number of nitrogens with zero attached hydrogens (tertiary/aromatic N) is 1. The number of carbonyl (C=O) groups is 1. The Bertz CT molecular complexity index is 1480. The molecule has 7 rings (SSSR count). The van der Waals surface area contributed by atoms with Crippen molar-refractivity contribution >= 4 is 17.7 Å². The van der Waals surface area contributed by atoms with E-state index in [0.717, 1.165) is 55.2 Å². The molecule has 7 atom stereocenters. The summed E-state index contributed by atoms with van der Waals surface area (Å²) in [6.07, 6.45) is 17.8. The van der Waals surface area contributed by atoms with Crippen LogP contribution in [0.5, 0.6) is 0 Å². The van der Waals surface area contributed by atoms with E-state index >= 15 is 0 Å². The van der Waals surface area contributed by atoms with Crippen LogP contribution in [0.3, 0.4) is 0 Å². The number of carbonyl (C=O) groups excluding carboxylic acids is 1. The smallest absolute Gasteiger partial charge is 0.162 e. The van der Waals surface area contributed by atoms with Crippen molar-refractivity contribution in [3.63, 3.8) is 0 Å². The summed E-state index contributed by atoms with van der Waals surface area (Å²) >= 11 is 0. The monoisotopic (exact) mass is 576 g/mol. The summed E-state index contributed by atoms with van der Waals surface area (Å²) in [7, 11) is 0. The molecule has 0 spiro atoms. The number of aliphatic imine (C=N–C) groups is 1. The van der Waals surface area contributed by atoms with Gasteiger partial charge in [0.15, 0.2) is 5.78 Å². The van der Waals surface area contributed by atoms with Gasteiger partial charge in [-0.15, -0.1) is 0 Å². The third-order valence-electron chi connectivity index (χ3n) is 11.7. The molecule has 3 heteroatoms. The molecular weight excluding hydrogens is 524 g/mol. The molecule has 0 saturated heterocycles. The second-order valence-electron chi connectivity index (χ2n) is 17.3. The summed E-state index contributed by atoms with van der Waals surface area (Å²) in [5.41, 5.74) is 15.1. The molecule has 7 unspecified atom stereocenters. The van der Waals surface area contributed by atoms with Crippen LogP contribution in [0.4, 0.5) is 0 Å². The van der Waals surface area contributed by atoms with E-state index in [9.17, 15) is 4.79 Å². The zero-order valence-corrected chi connectivity index (χ0v) is 27.4. The fourth-order valence-corrected chi connectivity index (χ4v) is 9.35. The summed E-state index contributed by atoms with van der Waals surface area (Å²) in [5, 5.41) is 0. The third kappa shape index (κ3) is 5.55. The zero-order chi connectivity index (χ0) is 30.5. The molecule has 4 saturated carbocycles. The van der Waals surface area contributed by atoms with Crippen LogP contribution in [-0.4, -0.2) is 12.1 Å². The van der Waals surface area contributed by atoms with E-state index in [-0.39, 0.29) is 16.7 Å². The molecule has 43 heavy (non-hydrogen) atoms. The molecular formula is C40H52N2O. The van der Waals surface area contributed by atoms with E-state index in [2.05, 4.69) is 89.5 Å². The minimum atomic E-state index is -0.175. The molecule has 2 N–H and O–H groups in total. The van der Waals surface area contributed by atoms with E-state index < -0.39 is 0 Å². The molecule has 0 radical (unpaired) electrons. The lowest BCUT2D eigenvalue weighted by Crippen LogP contribution is -2.47. The zero-order valence-electron chi connectivity index (χ0n) is 27.4. The van der Waals surface area contributed by atoms with Gasteiger partial charge in [0.25, 0.3) is 0 Å². The van der Waals surface area contributed by atoms with Crippen molar-refractivity contribution in [2.45, 2.75) is 104 Å². The predicted molar refractivity (Wildman–Crippen MR) is 179 cm³/mol. The lowest BCUT2D eigenvalue weighted by atomic mass is 9.50. The van der Waals surface area contributed by atoms with Crippen LogP contribution in [0.25, 0.3) is 5.57 Å². The number of allylic oxidation sites excluding steroid dienone is 7. The maximum atomic E-state index is 14.3. The Morgan fingerprint density at radius 3 is 2.53 bits per heavy atom. The average molecular weight is 577 g/mol. The molecule has 1 aromatic carbocycles. The van der Waals surface area contributed by atoms with E-state index in [0.29, 0.717) is 34.9 Å². The highest BCUT2D eigenvalue weighted by Crippen LogP contribution is 2.61. The van der Waals surface area contributed by atoms with Crippen LogP contribution < -0.4 is 5.73 Å². The Balaban J connectivity index is 1.13. The maximum Gasteiger partial charge on any atom is 0.162 e. The highest BCUT2D eigenvalue weighted by Gasteiger charge is 2.54. The van der Waals surface area contributed by atoms with Gasteiger partial charge in [0.2, 0.25) is 0 Å². The molecule has 0 heterocycles. The van der Waals surface area contributed by atoms with Crippen molar-refractivity contribution in [3.8, 4) is 0 Å². The summed E-state index contributed by atoms with van der Waals surface area (Å²) in [5.74, 6) is 4.19. The van der Waals surface area contributed by atoms with E-state index in [1.165, 1.54) is 53.4 Å². The van der Waals surface area contributed by atoms with Gasteiger partial charge < -0.3 is 5.73 Å². The third-order valence-corrected chi connectivity index (χ3v) is 11.7. The molecule has 6 aliphatic rings. The Morgan fingerprint density at radius 1 is 1.14 bits per heavy atom. The van der Waals surface area contributed by atoms with Crippen LogP contribution >= 0.6 is 0 Å². The number of hydrogen-bond acceptors (Lipinski definition) is 2. The van der Waals surface area contributed by atoms with Gasteiger partial charge in [0, 0.05) is 17.0 Å². The van der Waals surface area contributed by atoms with Crippen molar-refractivity contribution in [1.82, 2.24) is 0 Å². The van der Waals surface area contributed by atoms with Gasteiger partial charge in [-0.1, -0.05) is 90.1 Å². The minimum Gasteiger partial charge on any atom is -0.390 e. The van der Waals surface area contributed by atoms with Gasteiger partial charge in [-0.3, -0.25) is 4.79 Å². The number of fused-ring (bicyclic) bond motifs is 1. The average Bonchev–Trinajstić information content (AvgIpc) is 3.74. The number of nitrogens with two attached hydrogens (primary N) is 1. The molecule has 0 bridgehead atoms. The summed E-state index contributed by atoms with van der Waals surface area (Å²) in [6.45, 7) is 18.4.